The molecule has 238 valence electrons. The van der Waals surface area contributed by atoms with E-state index in [0.717, 1.165) is 17.0 Å². The predicted octanol–water partition coefficient (Wildman–Crippen LogP) is 4.87. The fourth-order valence-electron chi connectivity index (χ4n) is 5.81. The van der Waals surface area contributed by atoms with Crippen molar-refractivity contribution < 1.29 is 42.2 Å². The first-order valence-electron chi connectivity index (χ1n) is 14.6. The van der Waals surface area contributed by atoms with Gasteiger partial charge in [-0.1, -0.05) is 37.3 Å². The van der Waals surface area contributed by atoms with Crippen molar-refractivity contribution in [2.45, 2.75) is 70.8 Å². The van der Waals surface area contributed by atoms with Gasteiger partial charge in [-0.15, -0.1) is 0 Å². The molecule has 10 nitrogen and oxygen atoms in total. The minimum atomic E-state index is -4.96. The van der Waals surface area contributed by atoms with Crippen molar-refractivity contribution in [2.24, 2.45) is 0 Å². The molecule has 2 heterocycles. The van der Waals surface area contributed by atoms with Crippen molar-refractivity contribution in [3.05, 3.63) is 59.2 Å². The molecule has 13 heteroatoms. The van der Waals surface area contributed by atoms with Gasteiger partial charge in [-0.05, 0) is 45.7 Å². The quantitative estimate of drug-likeness (QED) is 0.436. The molecule has 2 aliphatic rings. The highest BCUT2D eigenvalue weighted by Gasteiger charge is 2.48. The highest BCUT2D eigenvalue weighted by Crippen LogP contribution is 2.46. The fourth-order valence-corrected chi connectivity index (χ4v) is 5.81. The summed E-state index contributed by atoms with van der Waals surface area (Å²) in [5, 5.41) is 12.2. The van der Waals surface area contributed by atoms with Gasteiger partial charge in [0.05, 0.1) is 22.9 Å². The number of nitrogens with zero attached hydrogens (tertiary/aromatic N) is 3. The van der Waals surface area contributed by atoms with E-state index in [1.165, 1.54) is 16.7 Å². The minimum absolute atomic E-state index is 0.0121. The molecule has 2 aliphatic heterocycles. The maximum absolute atomic E-state index is 14.6. The number of likely N-dealkylation sites (tertiary alicyclic amines) is 1. The number of rotatable bonds is 8. The lowest BCUT2D eigenvalue weighted by atomic mass is 9.91. The van der Waals surface area contributed by atoms with E-state index in [-0.39, 0.29) is 49.9 Å². The van der Waals surface area contributed by atoms with Gasteiger partial charge >= 0.3 is 12.3 Å². The summed E-state index contributed by atoms with van der Waals surface area (Å²) in [6, 6.07) is 8.92. The van der Waals surface area contributed by atoms with Crippen LogP contribution >= 0.6 is 0 Å². The lowest BCUT2D eigenvalue weighted by Gasteiger charge is -2.42. The number of alkyl halides is 3. The summed E-state index contributed by atoms with van der Waals surface area (Å²) in [6.07, 6.45) is -5.06. The molecule has 0 radical (unpaired) electrons. The average molecular weight is 619 g/mol. The Balaban J connectivity index is 1.84. The van der Waals surface area contributed by atoms with Crippen LogP contribution in [0.3, 0.4) is 0 Å². The molecule has 2 aromatic carbocycles. The largest absolute Gasteiger partial charge is 0.471 e. The molecular formula is C31H37F3N4O6. The van der Waals surface area contributed by atoms with Gasteiger partial charge in [0.2, 0.25) is 11.5 Å². The summed E-state index contributed by atoms with van der Waals surface area (Å²) in [5.74, 6) is -2.02. The van der Waals surface area contributed by atoms with Crippen LogP contribution in [0.1, 0.15) is 68.4 Å². The van der Waals surface area contributed by atoms with Crippen LogP contribution in [0.4, 0.5) is 23.7 Å². The van der Waals surface area contributed by atoms with E-state index >= 15 is 0 Å². The van der Waals surface area contributed by atoms with Crippen molar-refractivity contribution in [2.75, 3.05) is 31.1 Å². The summed E-state index contributed by atoms with van der Waals surface area (Å²) >= 11 is 0. The molecule has 1 saturated heterocycles. The molecule has 0 bridgehead atoms. The second-order valence-corrected chi connectivity index (χ2v) is 11.4. The first-order chi connectivity index (χ1) is 20.7. The first kappa shape index (κ1) is 32.6. The molecular weight excluding hydrogens is 581 g/mol. The number of hydrogen-bond donors (Lipinski definition) is 2. The third-order valence-corrected chi connectivity index (χ3v) is 8.05. The number of carbonyl (C=O) groups is 4. The van der Waals surface area contributed by atoms with E-state index in [1.807, 2.05) is 0 Å². The van der Waals surface area contributed by atoms with Crippen molar-refractivity contribution in [3.63, 3.8) is 0 Å². The maximum Gasteiger partial charge on any atom is 0.417 e. The number of halogens is 3. The number of ether oxygens (including phenoxy) is 1. The fraction of sp³-hybridized carbons (Fsp3) is 0.484. The Kier molecular flexibility index (Phi) is 9.45. The van der Waals surface area contributed by atoms with Gasteiger partial charge in [0.15, 0.2) is 0 Å². The molecule has 0 aliphatic carbocycles. The number of amides is 4. The number of benzene rings is 2. The van der Waals surface area contributed by atoms with Crippen molar-refractivity contribution in [3.8, 4) is 5.75 Å². The SMILES string of the molecule is CCC(=O)NCCN1C(=O)[C@](C)(c2ccccc2)Oc2cc(C(F)(F)F)c(C(=O)N(C(C)C)[C@@H]3CCCN(C(=O)O)C3)cc21. The van der Waals surface area contributed by atoms with Crippen LogP contribution in [0.15, 0.2) is 42.5 Å². The summed E-state index contributed by atoms with van der Waals surface area (Å²) in [5.41, 5.74) is -3.23. The molecule has 0 saturated carbocycles. The predicted molar refractivity (Wildman–Crippen MR) is 155 cm³/mol. The number of nitrogens with one attached hydrogen (secondary N) is 1. The number of carboxylic acid groups (broad SMARTS) is 1. The Hall–Kier alpha value is -4.29. The van der Waals surface area contributed by atoms with Crippen LogP contribution in [0.2, 0.25) is 0 Å². The van der Waals surface area contributed by atoms with E-state index in [1.54, 1.807) is 51.1 Å². The molecule has 2 aromatic rings. The van der Waals surface area contributed by atoms with E-state index < -0.39 is 52.9 Å². The van der Waals surface area contributed by atoms with Crippen molar-refractivity contribution >= 4 is 29.5 Å². The van der Waals surface area contributed by atoms with E-state index in [2.05, 4.69) is 5.32 Å². The van der Waals surface area contributed by atoms with Crippen LogP contribution < -0.4 is 15.0 Å². The second-order valence-electron chi connectivity index (χ2n) is 11.4. The Morgan fingerprint density at radius 2 is 1.86 bits per heavy atom. The topological polar surface area (TPSA) is 119 Å². The zero-order chi connectivity index (χ0) is 32.4. The van der Waals surface area contributed by atoms with E-state index in [4.69, 9.17) is 4.74 Å². The van der Waals surface area contributed by atoms with Gasteiger partial charge in [-0.3, -0.25) is 14.4 Å². The Morgan fingerprint density at radius 1 is 1.18 bits per heavy atom. The minimum Gasteiger partial charge on any atom is -0.471 e. The Bertz CT molecular complexity index is 1420. The summed E-state index contributed by atoms with van der Waals surface area (Å²) in [7, 11) is 0. The summed E-state index contributed by atoms with van der Waals surface area (Å²) in [6.45, 7) is 6.59. The van der Waals surface area contributed by atoms with Crippen LogP contribution in [0.25, 0.3) is 0 Å². The summed E-state index contributed by atoms with van der Waals surface area (Å²) < 4.78 is 50.0. The van der Waals surface area contributed by atoms with Gasteiger partial charge in [0.1, 0.15) is 5.75 Å². The molecule has 2 atom stereocenters. The monoisotopic (exact) mass is 618 g/mol. The molecule has 2 N–H and O–H groups in total. The number of hydrogen-bond acceptors (Lipinski definition) is 5. The zero-order valence-corrected chi connectivity index (χ0v) is 25.1. The molecule has 0 spiro atoms. The molecule has 4 amide bonds. The Labute approximate surface area is 253 Å². The lowest BCUT2D eigenvalue weighted by molar-refractivity contribution is -0.138. The van der Waals surface area contributed by atoms with Crippen LogP contribution in [0.5, 0.6) is 5.75 Å². The van der Waals surface area contributed by atoms with E-state index in [9.17, 15) is 37.5 Å². The van der Waals surface area contributed by atoms with Gasteiger partial charge in [0.25, 0.3) is 11.8 Å². The second kappa shape index (κ2) is 12.7. The first-order valence-corrected chi connectivity index (χ1v) is 14.6. The normalized spacial score (nSPS) is 20.2. The van der Waals surface area contributed by atoms with Gasteiger partial charge in [-0.2, -0.15) is 13.2 Å². The third kappa shape index (κ3) is 6.46. The van der Waals surface area contributed by atoms with Gasteiger partial charge in [-0.25, -0.2) is 4.79 Å². The van der Waals surface area contributed by atoms with Gasteiger partial charge in [0, 0.05) is 44.2 Å². The van der Waals surface area contributed by atoms with Crippen LogP contribution in [0, 0.1) is 0 Å². The number of fused-ring (bicyclic) bond motifs is 1. The van der Waals surface area contributed by atoms with Gasteiger partial charge < -0.3 is 29.9 Å². The Morgan fingerprint density at radius 3 is 2.45 bits per heavy atom. The van der Waals surface area contributed by atoms with E-state index in [0.29, 0.717) is 18.4 Å². The molecule has 4 rings (SSSR count). The van der Waals surface area contributed by atoms with Crippen molar-refractivity contribution in [1.29, 1.82) is 0 Å². The molecule has 0 aromatic heterocycles. The number of anilines is 1. The number of carbonyl (C=O) groups excluding carboxylic acids is 3. The average Bonchev–Trinajstić information content (AvgIpc) is 2.98. The lowest BCUT2D eigenvalue weighted by Crippen LogP contribution is -2.55. The highest BCUT2D eigenvalue weighted by molar-refractivity contribution is 6.05. The van der Waals surface area contributed by atoms with Crippen LogP contribution in [-0.4, -0.2) is 77.0 Å². The number of piperidine rings is 1. The highest BCUT2D eigenvalue weighted by atomic mass is 19.4. The molecule has 0 unspecified atom stereocenters. The van der Waals surface area contributed by atoms with Crippen molar-refractivity contribution in [1.82, 2.24) is 15.1 Å². The standard InChI is InChI=1S/C31H37F3N4O6/c1-5-26(39)35-13-15-37-24-16-22(27(40)38(19(2)3)21-12-9-14-36(18-21)29(42)43)23(31(32,33)34)17-25(24)44-30(4,28(37)41)20-10-7-6-8-11-20/h6-8,10-11,16-17,19,21H,5,9,12-15,18H2,1-4H3,(H,35,39)(H,42,43)/t21-,30+/m1/s1. The molecule has 1 fully saturated rings. The van der Waals surface area contributed by atoms with Crippen LogP contribution in [-0.2, 0) is 21.4 Å². The zero-order valence-electron chi connectivity index (χ0n) is 25.1. The maximum atomic E-state index is 14.6. The molecule has 44 heavy (non-hydrogen) atoms. The third-order valence-electron chi connectivity index (χ3n) is 8.05. The smallest absolute Gasteiger partial charge is 0.417 e. The summed E-state index contributed by atoms with van der Waals surface area (Å²) in [4.78, 5) is 55.3.